The average molecular weight is 489 g/mol. The highest BCUT2D eigenvalue weighted by Gasteiger charge is 2.50. The number of carbonyl (C=O) groups is 3. The highest BCUT2D eigenvalue weighted by Crippen LogP contribution is 2.37. The van der Waals surface area contributed by atoms with Crippen molar-refractivity contribution in [1.82, 2.24) is 20.2 Å². The zero-order valence-corrected chi connectivity index (χ0v) is 20.2. The summed E-state index contributed by atoms with van der Waals surface area (Å²) >= 11 is 0. The molecule has 4 aliphatic heterocycles. The summed E-state index contributed by atoms with van der Waals surface area (Å²) in [5.41, 5.74) is -0.567. The van der Waals surface area contributed by atoms with E-state index in [0.29, 0.717) is 25.7 Å². The first-order valence-electron chi connectivity index (χ1n) is 11.3. The van der Waals surface area contributed by atoms with Crippen LogP contribution in [-0.4, -0.2) is 90.8 Å². The number of amides is 4. The number of urea groups is 1. The van der Waals surface area contributed by atoms with Gasteiger partial charge in [0, 0.05) is 24.7 Å². The van der Waals surface area contributed by atoms with E-state index in [9.17, 15) is 22.8 Å². The number of piperidine rings is 2. The van der Waals surface area contributed by atoms with Gasteiger partial charge in [-0.2, -0.15) is 13.5 Å². The molecule has 4 atom stereocenters. The van der Waals surface area contributed by atoms with Gasteiger partial charge in [0.25, 0.3) is 0 Å². The monoisotopic (exact) mass is 488 g/mol. The minimum atomic E-state index is -4.33. The van der Waals surface area contributed by atoms with Gasteiger partial charge in [0.15, 0.2) is 0 Å². The van der Waals surface area contributed by atoms with Crippen molar-refractivity contribution in [3.05, 3.63) is 0 Å². The van der Waals surface area contributed by atoms with Crippen LogP contribution in [0.15, 0.2) is 0 Å². The van der Waals surface area contributed by atoms with Gasteiger partial charge in [0.2, 0.25) is 5.91 Å². The fraction of sp³-hybridized carbons (Fsp3) is 0.850. The molecule has 2 unspecified atom stereocenters. The Morgan fingerprint density at radius 3 is 2.21 bits per heavy atom. The number of nitrogens with one attached hydrogen (secondary N) is 1. The molecule has 33 heavy (non-hydrogen) atoms. The summed E-state index contributed by atoms with van der Waals surface area (Å²) in [7, 11) is -3.38. The van der Waals surface area contributed by atoms with Crippen LogP contribution < -0.4 is 5.32 Å². The fourth-order valence-electron chi connectivity index (χ4n) is 5.34. The van der Waals surface area contributed by atoms with E-state index >= 15 is 0 Å². The molecule has 13 heteroatoms. The van der Waals surface area contributed by atoms with Gasteiger partial charge in [0.1, 0.15) is 11.6 Å². The summed E-state index contributed by atoms with van der Waals surface area (Å²) in [6.07, 6.45) is 3.52. The lowest BCUT2D eigenvalue weighted by Crippen LogP contribution is -2.57. The van der Waals surface area contributed by atoms with Crippen molar-refractivity contribution >= 4 is 28.4 Å². The van der Waals surface area contributed by atoms with Crippen molar-refractivity contribution in [3.63, 3.8) is 0 Å². The molecule has 0 spiro atoms. The minimum absolute atomic E-state index is 0.0104. The molecule has 186 valence electrons. The zero-order chi connectivity index (χ0) is 24.1. The number of hydrogen-bond acceptors (Lipinski definition) is 8. The quantitative estimate of drug-likeness (QED) is 0.608. The van der Waals surface area contributed by atoms with Gasteiger partial charge in [-0.05, 0) is 59.3 Å². The van der Waals surface area contributed by atoms with Gasteiger partial charge in [-0.15, -0.1) is 4.28 Å². The van der Waals surface area contributed by atoms with Gasteiger partial charge >= 0.3 is 22.5 Å². The molecule has 4 bridgehead atoms. The molecule has 4 aliphatic rings. The first-order valence-corrected chi connectivity index (χ1v) is 12.6. The SMILES string of the molecule is COS(=O)(=O)ON1C(=O)N2C[C@H]1CC[C@H]2C(=O)NC1CC2CCC(C1)N2C(=O)OC(C)(C)C. The molecule has 0 aliphatic carbocycles. The first-order chi connectivity index (χ1) is 15.4. The van der Waals surface area contributed by atoms with Crippen molar-refractivity contribution < 1.29 is 36.0 Å². The average Bonchev–Trinajstić information content (AvgIpc) is 3.12. The molecular weight excluding hydrogens is 456 g/mol. The number of fused-ring (bicyclic) bond motifs is 4. The van der Waals surface area contributed by atoms with E-state index in [4.69, 9.17) is 9.02 Å². The fourth-order valence-corrected chi connectivity index (χ4v) is 5.78. The van der Waals surface area contributed by atoms with Crippen molar-refractivity contribution in [2.75, 3.05) is 13.7 Å². The molecular formula is C20H32N4O8S. The largest absolute Gasteiger partial charge is 0.444 e. The summed E-state index contributed by atoms with van der Waals surface area (Å²) in [5.74, 6) is -0.270. The normalized spacial score (nSPS) is 31.7. The summed E-state index contributed by atoms with van der Waals surface area (Å²) < 4.78 is 37.8. The third-order valence-electron chi connectivity index (χ3n) is 6.69. The second-order valence-corrected chi connectivity index (χ2v) is 11.4. The second kappa shape index (κ2) is 8.58. The Hall–Kier alpha value is -2.12. The second-order valence-electron chi connectivity index (χ2n) is 10.1. The van der Waals surface area contributed by atoms with Crippen LogP contribution >= 0.6 is 0 Å². The smallest absolute Gasteiger partial charge is 0.420 e. The number of hydrogen-bond donors (Lipinski definition) is 1. The maximum absolute atomic E-state index is 13.1. The lowest BCUT2D eigenvalue weighted by molar-refractivity contribution is -0.127. The number of rotatable bonds is 5. The van der Waals surface area contributed by atoms with Crippen LogP contribution in [0.4, 0.5) is 9.59 Å². The molecule has 4 saturated heterocycles. The Morgan fingerprint density at radius 2 is 1.64 bits per heavy atom. The predicted octanol–water partition coefficient (Wildman–Crippen LogP) is 1.12. The van der Waals surface area contributed by atoms with Crippen molar-refractivity contribution in [2.45, 2.75) is 95.1 Å². The lowest BCUT2D eigenvalue weighted by atomic mass is 9.96. The standard InChI is InChI=1S/C20H32N4O8S/c1-20(2,3)31-19(27)23-13-5-6-14(23)10-12(9-13)21-17(25)16-8-7-15-11-22(16)18(26)24(15)32-33(28,29)30-4/h12-16H,5-11H2,1-4H3,(H,21,25)/t12?,13?,14?,15-,16+/m1/s1. The van der Waals surface area contributed by atoms with Crippen LogP contribution in [0.3, 0.4) is 0 Å². The molecule has 12 nitrogen and oxygen atoms in total. The molecule has 1 N–H and O–H groups in total. The zero-order valence-electron chi connectivity index (χ0n) is 19.4. The van der Waals surface area contributed by atoms with E-state index in [0.717, 1.165) is 25.0 Å². The van der Waals surface area contributed by atoms with Crippen molar-refractivity contribution in [1.29, 1.82) is 0 Å². The Bertz CT molecular complexity index is 906. The third-order valence-corrected chi connectivity index (χ3v) is 7.44. The lowest BCUT2D eigenvalue weighted by Gasteiger charge is -2.40. The van der Waals surface area contributed by atoms with Gasteiger partial charge in [0.05, 0.1) is 13.2 Å². The molecule has 4 amide bonds. The Labute approximate surface area is 193 Å². The summed E-state index contributed by atoms with van der Waals surface area (Å²) in [5, 5.41) is 3.84. The molecule has 0 radical (unpaired) electrons. The number of nitrogens with zero attached hydrogens (tertiary/aromatic N) is 3. The van der Waals surface area contributed by atoms with Crippen LogP contribution in [0.1, 0.15) is 59.3 Å². The van der Waals surface area contributed by atoms with Crippen LogP contribution in [0.2, 0.25) is 0 Å². The highest BCUT2D eigenvalue weighted by atomic mass is 32.3. The van der Waals surface area contributed by atoms with Gasteiger partial charge in [-0.25, -0.2) is 9.59 Å². The topological polar surface area (TPSA) is 135 Å². The Morgan fingerprint density at radius 1 is 1.03 bits per heavy atom. The number of hydroxylamine groups is 2. The van der Waals surface area contributed by atoms with Crippen LogP contribution in [0, 0.1) is 0 Å². The molecule has 0 aromatic rings. The van der Waals surface area contributed by atoms with E-state index in [2.05, 4.69) is 9.50 Å². The highest BCUT2D eigenvalue weighted by molar-refractivity contribution is 7.81. The van der Waals surface area contributed by atoms with E-state index in [1.807, 2.05) is 25.7 Å². The van der Waals surface area contributed by atoms with E-state index in [1.165, 1.54) is 4.90 Å². The first kappa shape index (κ1) is 24.0. The van der Waals surface area contributed by atoms with Gasteiger partial charge in [-0.1, -0.05) is 0 Å². The van der Waals surface area contributed by atoms with Gasteiger partial charge < -0.3 is 19.9 Å². The van der Waals surface area contributed by atoms with Crippen molar-refractivity contribution in [3.8, 4) is 0 Å². The van der Waals surface area contributed by atoms with Crippen LogP contribution in [-0.2, 0) is 28.4 Å². The van der Waals surface area contributed by atoms with Crippen molar-refractivity contribution in [2.24, 2.45) is 0 Å². The minimum Gasteiger partial charge on any atom is -0.444 e. The van der Waals surface area contributed by atoms with Gasteiger partial charge in [-0.3, -0.25) is 8.98 Å². The van der Waals surface area contributed by atoms with E-state index in [-0.39, 0.29) is 36.7 Å². The Balaban J connectivity index is 1.36. The molecule has 0 aromatic carbocycles. The molecule has 4 heterocycles. The maximum Gasteiger partial charge on any atom is 0.420 e. The third kappa shape index (κ3) is 4.90. The maximum atomic E-state index is 13.1. The summed E-state index contributed by atoms with van der Waals surface area (Å²) in [4.78, 5) is 41.6. The van der Waals surface area contributed by atoms with E-state index < -0.39 is 34.1 Å². The van der Waals surface area contributed by atoms with Crippen LogP contribution in [0.25, 0.3) is 0 Å². The summed E-state index contributed by atoms with van der Waals surface area (Å²) in [6.45, 7) is 5.72. The summed E-state index contributed by atoms with van der Waals surface area (Å²) in [6, 6.07) is -1.91. The molecule has 0 saturated carbocycles. The predicted molar refractivity (Wildman–Crippen MR) is 114 cm³/mol. The van der Waals surface area contributed by atoms with E-state index in [1.54, 1.807) is 0 Å². The number of carbonyl (C=O) groups excluding carboxylic acids is 3. The molecule has 0 aromatic heterocycles. The Kier molecular flexibility index (Phi) is 6.25. The number of ether oxygens (including phenoxy) is 1. The van der Waals surface area contributed by atoms with Crippen LogP contribution in [0.5, 0.6) is 0 Å². The molecule has 4 rings (SSSR count). The molecule has 4 fully saturated rings.